The Morgan fingerprint density at radius 1 is 1.07 bits per heavy atom. The predicted octanol–water partition coefficient (Wildman–Crippen LogP) is 3.11. The van der Waals surface area contributed by atoms with Crippen molar-refractivity contribution >= 4 is 20.0 Å². The first kappa shape index (κ1) is 20.4. The van der Waals surface area contributed by atoms with Crippen LogP contribution in [0.2, 0.25) is 19.6 Å². The van der Waals surface area contributed by atoms with Crippen molar-refractivity contribution in [3.05, 3.63) is 29.7 Å². The number of halogens is 1. The number of ether oxygens (including phenoxy) is 3. The third kappa shape index (κ3) is 5.06. The highest BCUT2D eigenvalue weighted by Crippen LogP contribution is 2.38. The summed E-state index contributed by atoms with van der Waals surface area (Å²) in [5.74, 6) is -0.724. The van der Waals surface area contributed by atoms with Crippen molar-refractivity contribution in [1.29, 1.82) is 0 Å². The highest BCUT2D eigenvalue weighted by Gasteiger charge is 2.21. The molecule has 1 aromatic carbocycles. The number of nitrogens with zero attached hydrogens (tertiary/aromatic N) is 2. The molecule has 1 N–H and O–H groups in total. The van der Waals surface area contributed by atoms with E-state index < -0.39 is 20.0 Å². The lowest BCUT2D eigenvalue weighted by Gasteiger charge is -2.17. The van der Waals surface area contributed by atoms with Crippen LogP contribution in [0.4, 0.5) is 10.2 Å². The minimum atomic E-state index is -1.98. The number of hydrogen-bond acceptors (Lipinski definition) is 7. The van der Waals surface area contributed by atoms with E-state index in [0.29, 0.717) is 17.2 Å². The van der Waals surface area contributed by atoms with E-state index in [4.69, 9.17) is 18.6 Å². The van der Waals surface area contributed by atoms with Crippen LogP contribution in [0.25, 0.3) is 0 Å². The molecule has 0 fully saturated rings. The van der Waals surface area contributed by atoms with Crippen LogP contribution >= 0.6 is 0 Å². The maximum atomic E-state index is 14.0. The summed E-state index contributed by atoms with van der Waals surface area (Å²) in [5, 5.41) is 2.41. The average molecular weight is 395 g/mol. The molecule has 10 heteroatoms. The molecule has 1 aromatic heterocycles. The number of methoxy groups -OCH3 is 3. The van der Waals surface area contributed by atoms with Crippen molar-refractivity contribution in [2.24, 2.45) is 0 Å². The molecule has 0 aliphatic carbocycles. The summed E-state index contributed by atoms with van der Waals surface area (Å²) in [7, 11) is 2.34. The molecule has 0 saturated carbocycles. The molecule has 0 aliphatic heterocycles. The van der Waals surface area contributed by atoms with Gasteiger partial charge in [0.1, 0.15) is 0 Å². The van der Waals surface area contributed by atoms with Gasteiger partial charge in [0.05, 0.1) is 27.5 Å². The third-order valence-corrected chi connectivity index (χ3v) is 4.07. The van der Waals surface area contributed by atoms with Gasteiger partial charge in [0.2, 0.25) is 14.1 Å². The number of nitrogens with one attached hydrogen (secondary N) is 1. The fourth-order valence-corrected chi connectivity index (χ4v) is 2.80. The van der Waals surface area contributed by atoms with Crippen molar-refractivity contribution < 1.29 is 27.8 Å². The smallest absolute Gasteiger partial charge is 0.304 e. The number of carbonyl (C=O) groups is 1. The molecule has 27 heavy (non-hydrogen) atoms. The van der Waals surface area contributed by atoms with Crippen LogP contribution in [0, 0.1) is 5.82 Å². The van der Waals surface area contributed by atoms with Gasteiger partial charge >= 0.3 is 6.01 Å². The van der Waals surface area contributed by atoms with Crippen LogP contribution < -0.4 is 24.0 Å². The summed E-state index contributed by atoms with van der Waals surface area (Å²) in [4.78, 5) is 20.3. The SMILES string of the molecule is COc1cc(C(=O)Nc2nc(O[Si](C)(C)C)ncc2F)cc(OC)c1OC. The first-order valence-electron chi connectivity index (χ1n) is 8.01. The summed E-state index contributed by atoms with van der Waals surface area (Å²) < 4.78 is 35.3. The third-order valence-electron chi connectivity index (χ3n) is 3.28. The summed E-state index contributed by atoms with van der Waals surface area (Å²) in [5.41, 5.74) is 0.176. The second-order valence-electron chi connectivity index (χ2n) is 6.43. The van der Waals surface area contributed by atoms with Gasteiger partial charge in [-0.2, -0.15) is 4.98 Å². The molecule has 0 aliphatic rings. The fraction of sp³-hybridized carbons (Fsp3) is 0.353. The minimum Gasteiger partial charge on any atom is -0.518 e. The molecule has 0 atom stereocenters. The van der Waals surface area contributed by atoms with E-state index >= 15 is 0 Å². The maximum Gasteiger partial charge on any atom is 0.304 e. The van der Waals surface area contributed by atoms with Crippen molar-refractivity contribution in [2.75, 3.05) is 26.6 Å². The normalized spacial score (nSPS) is 10.9. The molecule has 2 rings (SSSR count). The Labute approximate surface area is 157 Å². The molecule has 0 spiro atoms. The molecule has 1 amide bonds. The summed E-state index contributed by atoms with van der Waals surface area (Å²) in [6.45, 7) is 5.82. The molecule has 0 radical (unpaired) electrons. The molecule has 0 unspecified atom stereocenters. The second-order valence-corrected chi connectivity index (χ2v) is 10.9. The largest absolute Gasteiger partial charge is 0.518 e. The van der Waals surface area contributed by atoms with Crippen LogP contribution in [0.5, 0.6) is 23.3 Å². The number of rotatable bonds is 7. The Bertz CT molecular complexity index is 817. The lowest BCUT2D eigenvalue weighted by atomic mass is 10.1. The van der Waals surface area contributed by atoms with E-state index in [1.807, 2.05) is 19.6 Å². The fourth-order valence-electron chi connectivity index (χ4n) is 2.15. The average Bonchev–Trinajstić information content (AvgIpc) is 2.61. The number of amides is 1. The van der Waals surface area contributed by atoms with Gasteiger partial charge in [-0.3, -0.25) is 4.79 Å². The molecule has 0 saturated heterocycles. The van der Waals surface area contributed by atoms with E-state index in [9.17, 15) is 9.18 Å². The topological polar surface area (TPSA) is 91.8 Å². The van der Waals surface area contributed by atoms with Gasteiger partial charge in [-0.15, -0.1) is 0 Å². The number of aromatic nitrogens is 2. The van der Waals surface area contributed by atoms with Gasteiger partial charge in [0.25, 0.3) is 5.91 Å². The zero-order valence-corrected chi connectivity index (χ0v) is 17.0. The van der Waals surface area contributed by atoms with Gasteiger partial charge in [-0.25, -0.2) is 9.37 Å². The Balaban J connectivity index is 2.33. The number of anilines is 1. The van der Waals surface area contributed by atoms with Crippen molar-refractivity contribution in [2.45, 2.75) is 19.6 Å². The van der Waals surface area contributed by atoms with Gasteiger partial charge in [0, 0.05) is 5.56 Å². The minimum absolute atomic E-state index is 0.00996. The molecule has 1 heterocycles. The first-order chi connectivity index (χ1) is 12.7. The second kappa shape index (κ2) is 8.21. The lowest BCUT2D eigenvalue weighted by molar-refractivity contribution is 0.102. The van der Waals surface area contributed by atoms with E-state index in [0.717, 1.165) is 6.20 Å². The van der Waals surface area contributed by atoms with Gasteiger partial charge < -0.3 is 24.0 Å². The summed E-state index contributed by atoms with van der Waals surface area (Å²) in [6, 6.07) is 2.92. The Morgan fingerprint density at radius 2 is 1.67 bits per heavy atom. The standard InChI is InChI=1S/C17H22FN3O5Si/c1-23-12-7-10(8-13(24-2)14(12)25-3)16(22)20-15-11(18)9-19-17(21-15)26-27(4,5)6/h7-9H,1-6H3,(H,19,20,21,22). The number of carbonyl (C=O) groups excluding carboxylic acids is 1. The Morgan fingerprint density at radius 3 is 2.15 bits per heavy atom. The number of benzene rings is 1. The lowest BCUT2D eigenvalue weighted by Crippen LogP contribution is -2.30. The highest BCUT2D eigenvalue weighted by atomic mass is 28.4. The molecule has 0 bridgehead atoms. The van der Waals surface area contributed by atoms with Crippen LogP contribution in [-0.2, 0) is 0 Å². The monoisotopic (exact) mass is 395 g/mol. The predicted molar refractivity (Wildman–Crippen MR) is 100 cm³/mol. The van der Waals surface area contributed by atoms with Crippen LogP contribution in [0.1, 0.15) is 10.4 Å². The first-order valence-corrected chi connectivity index (χ1v) is 11.4. The molecular formula is C17H22FN3O5Si. The van der Waals surface area contributed by atoms with Crippen molar-refractivity contribution in [3.63, 3.8) is 0 Å². The van der Waals surface area contributed by atoms with Gasteiger partial charge in [-0.05, 0) is 31.8 Å². The van der Waals surface area contributed by atoms with E-state index in [1.165, 1.54) is 33.5 Å². The molecular weight excluding hydrogens is 373 g/mol. The summed E-state index contributed by atoms with van der Waals surface area (Å²) in [6.07, 6.45) is 0.952. The van der Waals surface area contributed by atoms with Crippen molar-refractivity contribution in [3.8, 4) is 23.3 Å². The Kier molecular flexibility index (Phi) is 6.21. The zero-order chi connectivity index (χ0) is 20.2. The highest BCUT2D eigenvalue weighted by molar-refractivity contribution is 6.70. The van der Waals surface area contributed by atoms with E-state index in [1.54, 1.807) is 0 Å². The van der Waals surface area contributed by atoms with Gasteiger partial charge in [0.15, 0.2) is 23.1 Å². The molecule has 146 valence electrons. The zero-order valence-electron chi connectivity index (χ0n) is 16.0. The molecule has 8 nitrogen and oxygen atoms in total. The van der Waals surface area contributed by atoms with Crippen LogP contribution in [0.15, 0.2) is 18.3 Å². The van der Waals surface area contributed by atoms with Crippen LogP contribution in [-0.4, -0.2) is 45.5 Å². The van der Waals surface area contributed by atoms with Crippen molar-refractivity contribution in [1.82, 2.24) is 9.97 Å². The van der Waals surface area contributed by atoms with E-state index in [-0.39, 0.29) is 17.4 Å². The quantitative estimate of drug-likeness (QED) is 0.720. The number of hydrogen-bond donors (Lipinski definition) is 1. The van der Waals surface area contributed by atoms with Crippen LogP contribution in [0.3, 0.4) is 0 Å². The maximum absolute atomic E-state index is 14.0. The Hall–Kier alpha value is -2.88. The van der Waals surface area contributed by atoms with Gasteiger partial charge in [-0.1, -0.05) is 0 Å². The molecule has 2 aromatic rings. The summed E-state index contributed by atoms with van der Waals surface area (Å²) >= 11 is 0. The van der Waals surface area contributed by atoms with E-state index in [2.05, 4.69) is 15.3 Å².